The Hall–Kier alpha value is -2.60. The number of aromatic nitrogens is 1. The Kier molecular flexibility index (Phi) is 6.77. The number of hydrogen-bond donors (Lipinski definition) is 2. The molecule has 1 amide bonds. The highest BCUT2D eigenvalue weighted by atomic mass is 35.5. The van der Waals surface area contributed by atoms with Gasteiger partial charge in [-0.25, -0.2) is 9.78 Å². The van der Waals surface area contributed by atoms with Gasteiger partial charge in [-0.2, -0.15) is 0 Å². The molecule has 2 aromatic rings. The van der Waals surface area contributed by atoms with Gasteiger partial charge in [-0.15, -0.1) is 0 Å². The molecule has 6 nitrogen and oxygen atoms in total. The van der Waals surface area contributed by atoms with E-state index in [-0.39, 0.29) is 5.91 Å². The fraction of sp³-hybridized carbons (Fsp3) is 0.278. The molecular formula is C18H20ClN3O3. The molecule has 0 atom stereocenters. The number of carbonyl (C=O) groups excluding carboxylic acids is 2. The third-order valence-electron chi connectivity index (χ3n) is 3.45. The SMILES string of the molecule is CCCCC(=O)Nc1ccc(Nc2cc(C(=O)OC)ccc2Cl)nc1. The van der Waals surface area contributed by atoms with Crippen molar-refractivity contribution in [1.29, 1.82) is 0 Å². The van der Waals surface area contributed by atoms with E-state index in [0.29, 0.717) is 34.2 Å². The summed E-state index contributed by atoms with van der Waals surface area (Å²) < 4.78 is 4.70. The van der Waals surface area contributed by atoms with Gasteiger partial charge in [0.15, 0.2) is 0 Å². The van der Waals surface area contributed by atoms with E-state index in [2.05, 4.69) is 15.6 Å². The van der Waals surface area contributed by atoms with Gasteiger partial charge in [0.25, 0.3) is 0 Å². The maximum Gasteiger partial charge on any atom is 0.337 e. The summed E-state index contributed by atoms with van der Waals surface area (Å²) in [7, 11) is 1.32. The fourth-order valence-corrected chi connectivity index (χ4v) is 2.27. The van der Waals surface area contributed by atoms with Crippen molar-refractivity contribution >= 4 is 40.7 Å². The monoisotopic (exact) mass is 361 g/mol. The molecule has 25 heavy (non-hydrogen) atoms. The normalized spacial score (nSPS) is 10.2. The second kappa shape index (κ2) is 9.03. The summed E-state index contributed by atoms with van der Waals surface area (Å²) in [4.78, 5) is 27.6. The Morgan fingerprint density at radius 1 is 1.24 bits per heavy atom. The molecule has 1 aromatic carbocycles. The highest BCUT2D eigenvalue weighted by Gasteiger charge is 2.10. The molecular weight excluding hydrogens is 342 g/mol. The number of carbonyl (C=O) groups is 2. The summed E-state index contributed by atoms with van der Waals surface area (Å²) in [6.07, 6.45) is 3.88. The van der Waals surface area contributed by atoms with Gasteiger partial charge < -0.3 is 15.4 Å². The topological polar surface area (TPSA) is 80.3 Å². The molecule has 1 aromatic heterocycles. The summed E-state index contributed by atoms with van der Waals surface area (Å²) in [5.41, 5.74) is 1.55. The van der Waals surface area contributed by atoms with Crippen LogP contribution in [0.3, 0.4) is 0 Å². The molecule has 0 aliphatic carbocycles. The van der Waals surface area contributed by atoms with Gasteiger partial charge in [0.2, 0.25) is 5.91 Å². The van der Waals surface area contributed by atoms with Gasteiger partial charge >= 0.3 is 5.97 Å². The molecule has 0 aliphatic rings. The second-order valence-electron chi connectivity index (χ2n) is 5.40. The van der Waals surface area contributed by atoms with E-state index in [1.807, 2.05) is 6.92 Å². The largest absolute Gasteiger partial charge is 0.465 e. The minimum absolute atomic E-state index is 0.0295. The van der Waals surface area contributed by atoms with Crippen LogP contribution in [0.4, 0.5) is 17.2 Å². The maximum absolute atomic E-state index is 11.7. The first-order valence-corrected chi connectivity index (χ1v) is 8.32. The maximum atomic E-state index is 11.7. The minimum Gasteiger partial charge on any atom is -0.465 e. The van der Waals surface area contributed by atoms with Crippen molar-refractivity contribution < 1.29 is 14.3 Å². The van der Waals surface area contributed by atoms with Gasteiger partial charge in [-0.3, -0.25) is 4.79 Å². The number of ether oxygens (including phenoxy) is 1. The number of hydrogen-bond acceptors (Lipinski definition) is 5. The van der Waals surface area contributed by atoms with Crippen molar-refractivity contribution in [3.63, 3.8) is 0 Å². The van der Waals surface area contributed by atoms with Crippen LogP contribution < -0.4 is 10.6 Å². The fourth-order valence-electron chi connectivity index (χ4n) is 2.11. The van der Waals surface area contributed by atoms with E-state index < -0.39 is 5.97 Å². The summed E-state index contributed by atoms with van der Waals surface area (Å²) in [5.74, 6) is 0.0615. The van der Waals surface area contributed by atoms with E-state index >= 15 is 0 Å². The molecule has 0 saturated carbocycles. The third kappa shape index (κ3) is 5.46. The van der Waals surface area contributed by atoms with Gasteiger partial charge in [0, 0.05) is 6.42 Å². The van der Waals surface area contributed by atoms with Crippen LogP contribution in [0.1, 0.15) is 36.5 Å². The number of esters is 1. The zero-order valence-electron chi connectivity index (χ0n) is 14.1. The summed E-state index contributed by atoms with van der Waals surface area (Å²) in [6.45, 7) is 2.04. The number of unbranched alkanes of at least 4 members (excludes halogenated alkanes) is 1. The first-order chi connectivity index (χ1) is 12.0. The number of methoxy groups -OCH3 is 1. The lowest BCUT2D eigenvalue weighted by Crippen LogP contribution is -2.11. The lowest BCUT2D eigenvalue weighted by molar-refractivity contribution is -0.116. The summed E-state index contributed by atoms with van der Waals surface area (Å²) >= 11 is 6.14. The second-order valence-corrected chi connectivity index (χ2v) is 5.80. The Bertz CT molecular complexity index is 748. The van der Waals surface area contributed by atoms with Crippen molar-refractivity contribution in [1.82, 2.24) is 4.98 Å². The molecule has 0 bridgehead atoms. The zero-order valence-corrected chi connectivity index (χ0v) is 14.9. The number of nitrogens with one attached hydrogen (secondary N) is 2. The van der Waals surface area contributed by atoms with E-state index in [0.717, 1.165) is 12.8 Å². The van der Waals surface area contributed by atoms with Gasteiger partial charge in [0.1, 0.15) is 5.82 Å². The Morgan fingerprint density at radius 2 is 2.04 bits per heavy atom. The molecule has 0 radical (unpaired) electrons. The number of anilines is 3. The Labute approximate surface area is 151 Å². The molecule has 0 spiro atoms. The highest BCUT2D eigenvalue weighted by molar-refractivity contribution is 6.33. The van der Waals surface area contributed by atoms with Crippen LogP contribution in [0.25, 0.3) is 0 Å². The molecule has 0 unspecified atom stereocenters. The van der Waals surface area contributed by atoms with Crippen LogP contribution in [0.5, 0.6) is 0 Å². The van der Waals surface area contributed by atoms with E-state index in [9.17, 15) is 9.59 Å². The van der Waals surface area contributed by atoms with Crippen molar-refractivity contribution in [2.45, 2.75) is 26.2 Å². The number of pyridine rings is 1. The van der Waals surface area contributed by atoms with Crippen LogP contribution in [-0.4, -0.2) is 24.0 Å². The van der Waals surface area contributed by atoms with Crippen LogP contribution in [0, 0.1) is 0 Å². The van der Waals surface area contributed by atoms with Crippen LogP contribution in [-0.2, 0) is 9.53 Å². The summed E-state index contributed by atoms with van der Waals surface area (Å²) in [5, 5.41) is 6.29. The van der Waals surface area contributed by atoms with Crippen LogP contribution in [0.15, 0.2) is 36.5 Å². The average molecular weight is 362 g/mol. The molecule has 2 rings (SSSR count). The van der Waals surface area contributed by atoms with Gasteiger partial charge in [0.05, 0.1) is 35.3 Å². The standard InChI is InChI=1S/C18H20ClN3O3/c1-3-4-5-17(23)21-13-7-9-16(20-11-13)22-15-10-12(18(24)25-2)6-8-14(15)19/h6-11H,3-5H2,1-2H3,(H,20,22)(H,21,23). The quantitative estimate of drug-likeness (QED) is 0.715. The third-order valence-corrected chi connectivity index (χ3v) is 3.78. The smallest absolute Gasteiger partial charge is 0.337 e. The molecule has 1 heterocycles. The van der Waals surface area contributed by atoms with Crippen molar-refractivity contribution in [2.24, 2.45) is 0 Å². The molecule has 0 saturated heterocycles. The van der Waals surface area contributed by atoms with E-state index in [1.165, 1.54) is 7.11 Å². The lowest BCUT2D eigenvalue weighted by atomic mass is 10.2. The number of nitrogens with zero attached hydrogens (tertiary/aromatic N) is 1. The molecule has 0 aliphatic heterocycles. The van der Waals surface area contributed by atoms with E-state index in [4.69, 9.17) is 16.3 Å². The summed E-state index contributed by atoms with van der Waals surface area (Å²) in [6, 6.07) is 8.25. The Morgan fingerprint density at radius 3 is 2.68 bits per heavy atom. The lowest BCUT2D eigenvalue weighted by Gasteiger charge is -2.10. The number of benzene rings is 1. The number of rotatable bonds is 7. The van der Waals surface area contributed by atoms with Crippen LogP contribution in [0.2, 0.25) is 5.02 Å². The van der Waals surface area contributed by atoms with Crippen molar-refractivity contribution in [3.05, 3.63) is 47.1 Å². The number of amides is 1. The molecule has 2 N–H and O–H groups in total. The zero-order chi connectivity index (χ0) is 18.2. The minimum atomic E-state index is -0.446. The van der Waals surface area contributed by atoms with Crippen molar-refractivity contribution in [3.8, 4) is 0 Å². The number of halogens is 1. The molecule has 0 fully saturated rings. The van der Waals surface area contributed by atoms with Crippen LogP contribution >= 0.6 is 11.6 Å². The van der Waals surface area contributed by atoms with Gasteiger partial charge in [-0.1, -0.05) is 24.9 Å². The molecule has 7 heteroatoms. The highest BCUT2D eigenvalue weighted by Crippen LogP contribution is 2.26. The predicted molar refractivity (Wildman–Crippen MR) is 98.5 cm³/mol. The van der Waals surface area contributed by atoms with Crippen molar-refractivity contribution in [2.75, 3.05) is 17.7 Å². The predicted octanol–water partition coefficient (Wildman–Crippen LogP) is 4.39. The van der Waals surface area contributed by atoms with Gasteiger partial charge in [-0.05, 0) is 36.8 Å². The average Bonchev–Trinajstić information content (AvgIpc) is 2.62. The van der Waals surface area contributed by atoms with E-state index in [1.54, 1.807) is 36.5 Å². The Balaban J connectivity index is 2.06. The first kappa shape index (κ1) is 18.7. The first-order valence-electron chi connectivity index (χ1n) is 7.94. The molecule has 132 valence electrons.